The minimum Gasteiger partial charge on any atom is -0.463 e. The molecule has 1 aromatic carbocycles. The van der Waals surface area contributed by atoms with Crippen LogP contribution in [0.2, 0.25) is 5.02 Å². The van der Waals surface area contributed by atoms with E-state index < -0.39 is 0 Å². The van der Waals surface area contributed by atoms with Crippen molar-refractivity contribution >= 4 is 28.4 Å². The monoisotopic (exact) mass is 356 g/mol. The van der Waals surface area contributed by atoms with Crippen LogP contribution in [0.5, 0.6) is 0 Å². The second-order valence-electron chi connectivity index (χ2n) is 6.15. The lowest BCUT2D eigenvalue weighted by Gasteiger charge is -2.24. The van der Waals surface area contributed by atoms with Crippen LogP contribution in [0.1, 0.15) is 23.2 Å². The lowest BCUT2D eigenvalue weighted by atomic mass is 10.0. The number of likely N-dealkylation sites (tertiary alicyclic amines) is 1. The topological polar surface area (TPSA) is 66.6 Å². The molecule has 0 radical (unpaired) electrons. The van der Waals surface area contributed by atoms with Gasteiger partial charge in [0.1, 0.15) is 5.69 Å². The molecule has 6 heteroatoms. The number of aliphatic hydroxyl groups excluding tert-OH is 1. The fourth-order valence-electron chi connectivity index (χ4n) is 3.39. The number of fused-ring (bicyclic) bond motifs is 1. The normalized spacial score (nSPS) is 17.4. The summed E-state index contributed by atoms with van der Waals surface area (Å²) in [6.07, 6.45) is 3.28. The standard InChI is InChI=1S/C19H17ClN2O3/c20-15-6-1-5-13-14(19(24)22-8-2-4-12(22)11-23)10-16(21-18(13)15)17-7-3-9-25-17/h1,3,5-7,9-10,12,23H,2,4,8,11H2/t12-/m1/s1. The maximum absolute atomic E-state index is 13.2. The van der Waals surface area contributed by atoms with Crippen LogP contribution in [0.25, 0.3) is 22.4 Å². The zero-order valence-electron chi connectivity index (χ0n) is 13.5. The summed E-state index contributed by atoms with van der Waals surface area (Å²) in [5.74, 6) is 0.468. The highest BCUT2D eigenvalue weighted by molar-refractivity contribution is 6.35. The zero-order chi connectivity index (χ0) is 17.4. The highest BCUT2D eigenvalue weighted by Crippen LogP contribution is 2.31. The molecule has 128 valence electrons. The molecule has 3 heterocycles. The molecule has 0 unspecified atom stereocenters. The lowest BCUT2D eigenvalue weighted by molar-refractivity contribution is 0.0679. The van der Waals surface area contributed by atoms with Gasteiger partial charge in [0.25, 0.3) is 5.91 Å². The molecule has 1 aliphatic rings. The first kappa shape index (κ1) is 16.1. The van der Waals surface area contributed by atoms with Gasteiger partial charge in [-0.25, -0.2) is 4.98 Å². The predicted molar refractivity (Wildman–Crippen MR) is 95.6 cm³/mol. The fraction of sp³-hybridized carbons (Fsp3) is 0.263. The quantitative estimate of drug-likeness (QED) is 0.776. The van der Waals surface area contributed by atoms with Crippen molar-refractivity contribution in [2.24, 2.45) is 0 Å². The summed E-state index contributed by atoms with van der Waals surface area (Å²) in [7, 11) is 0. The van der Waals surface area contributed by atoms with E-state index in [1.54, 1.807) is 35.4 Å². The molecule has 25 heavy (non-hydrogen) atoms. The maximum atomic E-state index is 13.2. The van der Waals surface area contributed by atoms with Gasteiger partial charge in [-0.1, -0.05) is 23.7 Å². The molecule has 1 amide bonds. The number of para-hydroxylation sites is 1. The lowest BCUT2D eigenvalue weighted by Crippen LogP contribution is -2.37. The number of hydrogen-bond donors (Lipinski definition) is 1. The van der Waals surface area contributed by atoms with Crippen molar-refractivity contribution in [1.82, 2.24) is 9.88 Å². The predicted octanol–water partition coefficient (Wildman–Crippen LogP) is 3.75. The van der Waals surface area contributed by atoms with E-state index in [2.05, 4.69) is 4.98 Å². The van der Waals surface area contributed by atoms with Gasteiger partial charge in [-0.2, -0.15) is 0 Å². The minimum atomic E-state index is -0.137. The van der Waals surface area contributed by atoms with E-state index in [0.717, 1.165) is 12.8 Å². The molecule has 0 aliphatic carbocycles. The third kappa shape index (κ3) is 2.79. The van der Waals surface area contributed by atoms with Crippen molar-refractivity contribution in [3.05, 3.63) is 53.2 Å². The average molecular weight is 357 g/mol. The number of pyridine rings is 1. The van der Waals surface area contributed by atoms with Gasteiger partial charge in [0.05, 0.1) is 35.0 Å². The third-order valence-electron chi connectivity index (χ3n) is 4.64. The number of carbonyl (C=O) groups is 1. The van der Waals surface area contributed by atoms with Crippen LogP contribution in [-0.4, -0.2) is 40.1 Å². The summed E-state index contributed by atoms with van der Waals surface area (Å²) in [5, 5.41) is 10.7. The number of carbonyl (C=O) groups excluding carboxylic acids is 1. The van der Waals surface area contributed by atoms with Gasteiger partial charge < -0.3 is 14.4 Å². The Hall–Kier alpha value is -2.37. The van der Waals surface area contributed by atoms with E-state index in [9.17, 15) is 9.90 Å². The summed E-state index contributed by atoms with van der Waals surface area (Å²) >= 11 is 6.32. The number of benzene rings is 1. The van der Waals surface area contributed by atoms with Crippen molar-refractivity contribution in [3.63, 3.8) is 0 Å². The second-order valence-corrected chi connectivity index (χ2v) is 6.55. The number of hydrogen-bond acceptors (Lipinski definition) is 4. The van der Waals surface area contributed by atoms with Gasteiger partial charge >= 0.3 is 0 Å². The largest absolute Gasteiger partial charge is 0.463 e. The summed E-state index contributed by atoms with van der Waals surface area (Å²) in [5.41, 5.74) is 1.66. The van der Waals surface area contributed by atoms with Gasteiger partial charge in [0.2, 0.25) is 0 Å². The zero-order valence-corrected chi connectivity index (χ0v) is 14.2. The summed E-state index contributed by atoms with van der Waals surface area (Å²) in [6, 6.07) is 10.6. The second kappa shape index (κ2) is 6.50. The number of rotatable bonds is 3. The van der Waals surface area contributed by atoms with Crippen molar-refractivity contribution in [2.75, 3.05) is 13.2 Å². The van der Waals surface area contributed by atoms with Crippen LogP contribution in [0.15, 0.2) is 47.1 Å². The third-order valence-corrected chi connectivity index (χ3v) is 4.95. The minimum absolute atomic E-state index is 0.0272. The first-order valence-corrected chi connectivity index (χ1v) is 8.62. The highest BCUT2D eigenvalue weighted by atomic mass is 35.5. The van der Waals surface area contributed by atoms with Crippen LogP contribution >= 0.6 is 11.6 Å². The smallest absolute Gasteiger partial charge is 0.254 e. The molecule has 0 spiro atoms. The first-order valence-electron chi connectivity index (χ1n) is 8.24. The van der Waals surface area contributed by atoms with Crippen LogP contribution < -0.4 is 0 Å². The Balaban J connectivity index is 1.89. The average Bonchev–Trinajstić information content (AvgIpc) is 3.32. The van der Waals surface area contributed by atoms with Crippen LogP contribution in [0.3, 0.4) is 0 Å². The van der Waals surface area contributed by atoms with Crippen molar-refractivity contribution < 1.29 is 14.3 Å². The molecule has 1 saturated heterocycles. The number of aromatic nitrogens is 1. The van der Waals surface area contributed by atoms with Crippen LogP contribution in [0, 0.1) is 0 Å². The number of nitrogens with zero attached hydrogens (tertiary/aromatic N) is 2. The molecule has 1 atom stereocenters. The van der Waals surface area contributed by atoms with E-state index >= 15 is 0 Å². The number of amides is 1. The van der Waals surface area contributed by atoms with Gasteiger partial charge in [-0.15, -0.1) is 0 Å². The van der Waals surface area contributed by atoms with E-state index in [-0.39, 0.29) is 18.6 Å². The van der Waals surface area contributed by atoms with Crippen LogP contribution in [-0.2, 0) is 0 Å². The molecule has 1 fully saturated rings. The molecular formula is C19H17ClN2O3. The molecule has 5 nitrogen and oxygen atoms in total. The Morgan fingerprint density at radius 2 is 2.24 bits per heavy atom. The van der Waals surface area contributed by atoms with Gasteiger partial charge in [-0.05, 0) is 37.1 Å². The number of aliphatic hydroxyl groups is 1. The highest BCUT2D eigenvalue weighted by Gasteiger charge is 2.30. The van der Waals surface area contributed by atoms with E-state index in [1.807, 2.05) is 12.1 Å². The number of halogens is 1. The first-order chi connectivity index (χ1) is 12.2. The Labute approximate surface area is 149 Å². The van der Waals surface area contributed by atoms with Crippen LogP contribution in [0.4, 0.5) is 0 Å². The molecule has 1 N–H and O–H groups in total. The van der Waals surface area contributed by atoms with E-state index in [0.29, 0.717) is 39.5 Å². The van der Waals surface area contributed by atoms with Crippen molar-refractivity contribution in [3.8, 4) is 11.5 Å². The van der Waals surface area contributed by atoms with Gasteiger partial charge in [0, 0.05) is 11.9 Å². The summed E-state index contributed by atoms with van der Waals surface area (Å²) in [6.45, 7) is 0.616. The van der Waals surface area contributed by atoms with Crippen molar-refractivity contribution in [2.45, 2.75) is 18.9 Å². The van der Waals surface area contributed by atoms with Crippen molar-refractivity contribution in [1.29, 1.82) is 0 Å². The molecule has 1 aliphatic heterocycles. The molecular weight excluding hydrogens is 340 g/mol. The molecule has 0 bridgehead atoms. The molecule has 3 aromatic rings. The Morgan fingerprint density at radius 1 is 1.36 bits per heavy atom. The molecule has 4 rings (SSSR count). The Morgan fingerprint density at radius 3 is 3.00 bits per heavy atom. The van der Waals surface area contributed by atoms with Gasteiger partial charge in [0.15, 0.2) is 5.76 Å². The fourth-order valence-corrected chi connectivity index (χ4v) is 3.61. The number of furan rings is 1. The molecule has 0 saturated carbocycles. The molecule has 2 aromatic heterocycles. The SMILES string of the molecule is O=C(c1cc(-c2ccco2)nc2c(Cl)cccc12)N1CCC[C@@H]1CO. The summed E-state index contributed by atoms with van der Waals surface area (Å²) in [4.78, 5) is 19.5. The Bertz CT molecular complexity index is 924. The maximum Gasteiger partial charge on any atom is 0.254 e. The van der Waals surface area contributed by atoms with Gasteiger partial charge in [-0.3, -0.25) is 4.79 Å². The van der Waals surface area contributed by atoms with E-state index in [1.165, 1.54) is 0 Å². The van der Waals surface area contributed by atoms with E-state index in [4.69, 9.17) is 16.0 Å². The summed E-state index contributed by atoms with van der Waals surface area (Å²) < 4.78 is 5.44. The Kier molecular flexibility index (Phi) is 4.19.